The fourth-order valence-electron chi connectivity index (χ4n) is 3.60. The summed E-state index contributed by atoms with van der Waals surface area (Å²) in [6.45, 7) is 2.46. The summed E-state index contributed by atoms with van der Waals surface area (Å²) in [7, 11) is 1.85. The Hall–Kier alpha value is -2.63. The zero-order valence-corrected chi connectivity index (χ0v) is 15.2. The highest BCUT2D eigenvalue weighted by atomic mass is 19.1. The van der Waals surface area contributed by atoms with Crippen molar-refractivity contribution < 1.29 is 9.13 Å². The largest absolute Gasteiger partial charge is 0.491 e. The van der Waals surface area contributed by atoms with Gasteiger partial charge < -0.3 is 15.4 Å². The first kappa shape index (κ1) is 16.8. The van der Waals surface area contributed by atoms with E-state index in [4.69, 9.17) is 4.74 Å². The van der Waals surface area contributed by atoms with Crippen molar-refractivity contribution in [2.45, 2.75) is 39.0 Å². The van der Waals surface area contributed by atoms with Crippen LogP contribution in [0.25, 0.3) is 5.57 Å². The van der Waals surface area contributed by atoms with Crippen molar-refractivity contribution in [1.82, 2.24) is 9.97 Å². The summed E-state index contributed by atoms with van der Waals surface area (Å²) in [6, 6.07) is 3.78. The Labute approximate surface area is 152 Å². The number of fused-ring (bicyclic) bond motifs is 1. The van der Waals surface area contributed by atoms with Crippen molar-refractivity contribution >= 4 is 22.9 Å². The Bertz CT molecular complexity index is 879. The molecule has 3 heterocycles. The quantitative estimate of drug-likeness (QED) is 0.840. The van der Waals surface area contributed by atoms with E-state index in [-0.39, 0.29) is 11.6 Å². The number of halogens is 1. The van der Waals surface area contributed by atoms with Gasteiger partial charge in [0.2, 0.25) is 0 Å². The van der Waals surface area contributed by atoms with Crippen molar-refractivity contribution in [1.29, 1.82) is 0 Å². The van der Waals surface area contributed by atoms with Crippen LogP contribution in [-0.2, 0) is 6.42 Å². The second-order valence-electron chi connectivity index (χ2n) is 6.76. The predicted octanol–water partition coefficient (Wildman–Crippen LogP) is 4.60. The number of ether oxygens (including phenoxy) is 1. The van der Waals surface area contributed by atoms with Crippen molar-refractivity contribution in [3.63, 3.8) is 0 Å². The molecule has 2 aromatic heterocycles. The van der Waals surface area contributed by atoms with Gasteiger partial charge in [-0.2, -0.15) is 0 Å². The molecule has 0 amide bonds. The van der Waals surface area contributed by atoms with Crippen LogP contribution < -0.4 is 15.4 Å². The lowest BCUT2D eigenvalue weighted by Gasteiger charge is -2.18. The van der Waals surface area contributed by atoms with Gasteiger partial charge in [0.15, 0.2) is 17.4 Å². The molecule has 26 heavy (non-hydrogen) atoms. The molecular formula is C20H23FN4O. The molecule has 0 saturated heterocycles. The molecule has 0 spiro atoms. The van der Waals surface area contributed by atoms with Crippen LogP contribution in [0, 0.1) is 12.7 Å². The van der Waals surface area contributed by atoms with E-state index in [1.165, 1.54) is 0 Å². The van der Waals surface area contributed by atoms with Crippen LogP contribution in [0.1, 0.15) is 42.6 Å². The van der Waals surface area contributed by atoms with E-state index in [1.54, 1.807) is 0 Å². The van der Waals surface area contributed by atoms with Crippen molar-refractivity contribution in [2.75, 3.05) is 24.3 Å². The van der Waals surface area contributed by atoms with Gasteiger partial charge in [-0.1, -0.05) is 6.08 Å². The third-order valence-corrected chi connectivity index (χ3v) is 4.85. The molecule has 6 heteroatoms. The molecule has 2 aliphatic rings. The van der Waals surface area contributed by atoms with Crippen LogP contribution in [-0.4, -0.2) is 23.6 Å². The summed E-state index contributed by atoms with van der Waals surface area (Å²) in [6.07, 6.45) is 6.94. The van der Waals surface area contributed by atoms with E-state index in [1.807, 2.05) is 26.1 Å². The first-order chi connectivity index (χ1) is 12.7. The summed E-state index contributed by atoms with van der Waals surface area (Å²) in [5.41, 5.74) is 4.19. The number of pyridine rings is 2. The summed E-state index contributed by atoms with van der Waals surface area (Å²) in [5.74, 6) is 1.06. The number of rotatable bonds is 4. The Morgan fingerprint density at radius 1 is 1.15 bits per heavy atom. The molecule has 4 rings (SSSR count). The molecule has 5 nitrogen and oxygen atoms in total. The highest BCUT2D eigenvalue weighted by Gasteiger charge is 2.27. The van der Waals surface area contributed by atoms with Gasteiger partial charge >= 0.3 is 0 Å². The first-order valence-electron chi connectivity index (χ1n) is 9.13. The minimum absolute atomic E-state index is 0.218. The van der Waals surface area contributed by atoms with Gasteiger partial charge in [-0.25, -0.2) is 14.4 Å². The normalized spacial score (nSPS) is 15.9. The topological polar surface area (TPSA) is 59.1 Å². The minimum atomic E-state index is -0.354. The van der Waals surface area contributed by atoms with Gasteiger partial charge in [0.1, 0.15) is 5.82 Å². The molecule has 2 aromatic rings. The van der Waals surface area contributed by atoms with Gasteiger partial charge in [-0.15, -0.1) is 0 Å². The summed E-state index contributed by atoms with van der Waals surface area (Å²) in [4.78, 5) is 8.94. The molecular weight excluding hydrogens is 331 g/mol. The van der Waals surface area contributed by atoms with E-state index >= 15 is 4.39 Å². The number of nitrogens with one attached hydrogen (secondary N) is 2. The van der Waals surface area contributed by atoms with Crippen LogP contribution in [0.4, 0.5) is 21.7 Å². The highest BCUT2D eigenvalue weighted by molar-refractivity contribution is 5.76. The average Bonchev–Trinajstić information content (AvgIpc) is 3.10. The Kier molecular flexibility index (Phi) is 4.49. The molecule has 0 radical (unpaired) electrons. The minimum Gasteiger partial charge on any atom is -0.491 e. The van der Waals surface area contributed by atoms with Crippen LogP contribution >= 0.6 is 0 Å². The van der Waals surface area contributed by atoms with E-state index in [2.05, 4.69) is 26.7 Å². The maximum atomic E-state index is 15.4. The molecule has 0 unspecified atom stereocenters. The Morgan fingerprint density at radius 2 is 2.04 bits per heavy atom. The van der Waals surface area contributed by atoms with Crippen LogP contribution in [0.15, 0.2) is 18.2 Å². The zero-order valence-electron chi connectivity index (χ0n) is 15.2. The van der Waals surface area contributed by atoms with Crippen LogP contribution in [0.5, 0.6) is 5.75 Å². The monoisotopic (exact) mass is 354 g/mol. The third-order valence-electron chi connectivity index (χ3n) is 4.85. The van der Waals surface area contributed by atoms with E-state index < -0.39 is 0 Å². The van der Waals surface area contributed by atoms with E-state index in [0.29, 0.717) is 30.2 Å². The summed E-state index contributed by atoms with van der Waals surface area (Å²) in [5, 5.41) is 6.17. The average molecular weight is 354 g/mol. The molecule has 0 aromatic carbocycles. The SMILES string of the molecule is CNc1cc(C)nc(Nc2nc3c(c(C4=CCCCC4)c2F)OCC3)c1. The number of aryl methyl sites for hydroxylation is 1. The maximum Gasteiger partial charge on any atom is 0.177 e. The standard InChI is InChI=1S/C20H23FN4O/c1-12-10-14(22-2)11-16(23-12)25-20-18(21)17(13-6-4-3-5-7-13)19-15(24-20)8-9-26-19/h6,10-11H,3-5,7-9H2,1-2H3,(H2,22,23,24,25). The van der Waals surface area contributed by atoms with Crippen molar-refractivity contribution in [3.05, 3.63) is 41.0 Å². The highest BCUT2D eigenvalue weighted by Crippen LogP contribution is 2.41. The van der Waals surface area contributed by atoms with Gasteiger partial charge in [-0.3, -0.25) is 0 Å². The second kappa shape index (κ2) is 6.94. The van der Waals surface area contributed by atoms with E-state index in [9.17, 15) is 0 Å². The van der Waals surface area contributed by atoms with Crippen molar-refractivity contribution in [3.8, 4) is 5.75 Å². The molecule has 1 aliphatic carbocycles. The fraction of sp³-hybridized carbons (Fsp3) is 0.400. The van der Waals surface area contributed by atoms with Gasteiger partial charge in [0.05, 0.1) is 17.9 Å². The van der Waals surface area contributed by atoms with Gasteiger partial charge in [0.25, 0.3) is 0 Å². The lowest BCUT2D eigenvalue weighted by Crippen LogP contribution is -2.07. The smallest absolute Gasteiger partial charge is 0.177 e. The molecule has 0 bridgehead atoms. The Balaban J connectivity index is 1.78. The molecule has 136 valence electrons. The van der Waals surface area contributed by atoms with E-state index in [0.717, 1.165) is 48.3 Å². The summed E-state index contributed by atoms with van der Waals surface area (Å²) < 4.78 is 21.1. The molecule has 0 saturated carbocycles. The fourth-order valence-corrected chi connectivity index (χ4v) is 3.60. The number of aromatic nitrogens is 2. The molecule has 2 N–H and O–H groups in total. The third kappa shape index (κ3) is 3.11. The lowest BCUT2D eigenvalue weighted by molar-refractivity contribution is 0.354. The Morgan fingerprint density at radius 3 is 2.81 bits per heavy atom. The van der Waals surface area contributed by atoms with Gasteiger partial charge in [-0.05, 0) is 44.2 Å². The number of hydrogen-bond donors (Lipinski definition) is 2. The number of hydrogen-bond acceptors (Lipinski definition) is 5. The van der Waals surface area contributed by atoms with Crippen LogP contribution in [0.2, 0.25) is 0 Å². The molecule has 1 aliphatic heterocycles. The molecule has 0 fully saturated rings. The molecule has 0 atom stereocenters. The maximum absolute atomic E-state index is 15.4. The zero-order chi connectivity index (χ0) is 18.1. The summed E-state index contributed by atoms with van der Waals surface area (Å²) >= 11 is 0. The number of nitrogens with zero attached hydrogens (tertiary/aromatic N) is 2. The van der Waals surface area contributed by atoms with Crippen molar-refractivity contribution in [2.24, 2.45) is 0 Å². The first-order valence-corrected chi connectivity index (χ1v) is 9.13. The van der Waals surface area contributed by atoms with Gasteiger partial charge in [0, 0.05) is 30.9 Å². The number of allylic oxidation sites excluding steroid dienone is 2. The lowest BCUT2D eigenvalue weighted by atomic mass is 9.92. The number of anilines is 3. The predicted molar refractivity (Wildman–Crippen MR) is 102 cm³/mol. The second-order valence-corrected chi connectivity index (χ2v) is 6.76. The van der Waals surface area contributed by atoms with Crippen LogP contribution in [0.3, 0.4) is 0 Å².